The molecule has 32 heavy (non-hydrogen) atoms. The molecule has 9 heteroatoms. The van der Waals surface area contributed by atoms with Gasteiger partial charge in [-0.2, -0.15) is 0 Å². The van der Waals surface area contributed by atoms with Gasteiger partial charge in [-0.3, -0.25) is 4.79 Å². The fourth-order valence-corrected chi connectivity index (χ4v) is 6.29. The summed E-state index contributed by atoms with van der Waals surface area (Å²) in [6.45, 7) is 6.90. The molecule has 1 unspecified atom stereocenters. The van der Waals surface area contributed by atoms with E-state index in [1.807, 2.05) is 37.3 Å². The Kier molecular flexibility index (Phi) is 7.49. The number of carbonyl (C=O) groups is 1. The van der Waals surface area contributed by atoms with Crippen LogP contribution in [0.25, 0.3) is 10.2 Å². The van der Waals surface area contributed by atoms with Crippen molar-refractivity contribution in [1.29, 1.82) is 0 Å². The van der Waals surface area contributed by atoms with E-state index in [0.29, 0.717) is 11.5 Å². The van der Waals surface area contributed by atoms with Crippen LogP contribution in [0.5, 0.6) is 0 Å². The van der Waals surface area contributed by atoms with Crippen molar-refractivity contribution >= 4 is 51.0 Å². The average molecular weight is 484 g/mol. The molecule has 2 aromatic heterocycles. The Balaban J connectivity index is 1.34. The number of fused-ring (bicyclic) bond motifs is 1. The number of thiazole rings is 1. The molecule has 1 atom stereocenters. The molecule has 2 aromatic carbocycles. The summed E-state index contributed by atoms with van der Waals surface area (Å²) in [5, 5.41) is 12.6. The van der Waals surface area contributed by atoms with E-state index >= 15 is 0 Å². The van der Waals surface area contributed by atoms with E-state index in [1.54, 1.807) is 23.1 Å². The van der Waals surface area contributed by atoms with E-state index in [9.17, 15) is 4.79 Å². The second-order valence-corrected chi connectivity index (χ2v) is 10.5. The zero-order chi connectivity index (χ0) is 22.5. The van der Waals surface area contributed by atoms with Gasteiger partial charge in [0.15, 0.2) is 9.50 Å². The van der Waals surface area contributed by atoms with Crippen molar-refractivity contribution in [2.45, 2.75) is 48.6 Å². The first-order valence-corrected chi connectivity index (χ1v) is 13.2. The third-order valence-corrected chi connectivity index (χ3v) is 8.22. The maximum atomic E-state index is 12.5. The van der Waals surface area contributed by atoms with Crippen molar-refractivity contribution in [2.24, 2.45) is 0 Å². The maximum Gasteiger partial charge on any atom is 0.230 e. The quantitative estimate of drug-likeness (QED) is 0.318. The van der Waals surface area contributed by atoms with E-state index in [1.165, 1.54) is 22.0 Å². The highest BCUT2D eigenvalue weighted by Gasteiger charge is 2.16. The third kappa shape index (κ3) is 5.33. The number of hydrogen-bond donors (Lipinski definition) is 1. The molecule has 0 radical (unpaired) electrons. The highest BCUT2D eigenvalue weighted by atomic mass is 32.2. The van der Waals surface area contributed by atoms with Gasteiger partial charge in [-0.15, -0.1) is 21.5 Å². The van der Waals surface area contributed by atoms with Crippen molar-refractivity contribution in [2.75, 3.05) is 5.75 Å². The largest absolute Gasteiger partial charge is 0.349 e. The molecule has 2 heterocycles. The van der Waals surface area contributed by atoms with Gasteiger partial charge < -0.3 is 9.88 Å². The van der Waals surface area contributed by atoms with Crippen molar-refractivity contribution in [1.82, 2.24) is 25.1 Å². The van der Waals surface area contributed by atoms with Crippen LogP contribution in [0.15, 0.2) is 58.0 Å². The Morgan fingerprint density at radius 1 is 1.12 bits per heavy atom. The zero-order valence-corrected chi connectivity index (χ0v) is 20.7. The van der Waals surface area contributed by atoms with Gasteiger partial charge in [-0.05, 0) is 44.0 Å². The van der Waals surface area contributed by atoms with Crippen LogP contribution in [-0.4, -0.2) is 31.4 Å². The average Bonchev–Trinajstić information content (AvgIpc) is 3.39. The topological polar surface area (TPSA) is 72.7 Å². The van der Waals surface area contributed by atoms with Gasteiger partial charge in [-0.25, -0.2) is 4.98 Å². The number of para-hydroxylation sites is 1. The molecule has 0 aliphatic heterocycles. The Morgan fingerprint density at radius 3 is 2.69 bits per heavy atom. The van der Waals surface area contributed by atoms with E-state index in [2.05, 4.69) is 57.1 Å². The van der Waals surface area contributed by atoms with Gasteiger partial charge in [0.25, 0.3) is 0 Å². The van der Waals surface area contributed by atoms with Crippen molar-refractivity contribution in [3.8, 4) is 0 Å². The minimum atomic E-state index is -0.0332. The van der Waals surface area contributed by atoms with Gasteiger partial charge in [0.2, 0.25) is 5.91 Å². The van der Waals surface area contributed by atoms with Crippen LogP contribution in [-0.2, 0) is 17.1 Å². The van der Waals surface area contributed by atoms with E-state index in [0.717, 1.165) is 32.9 Å². The van der Waals surface area contributed by atoms with Crippen LogP contribution in [0.3, 0.4) is 0 Å². The first-order valence-electron chi connectivity index (χ1n) is 10.4. The molecule has 0 aliphatic carbocycles. The lowest BCUT2D eigenvalue weighted by Gasteiger charge is -2.16. The Bertz CT molecular complexity index is 1190. The summed E-state index contributed by atoms with van der Waals surface area (Å²) in [7, 11) is 0. The van der Waals surface area contributed by atoms with Gasteiger partial charge in [-0.1, -0.05) is 59.9 Å². The summed E-state index contributed by atoms with van der Waals surface area (Å²) < 4.78 is 4.29. The number of nitrogens with zero attached hydrogens (tertiary/aromatic N) is 4. The monoisotopic (exact) mass is 483 g/mol. The van der Waals surface area contributed by atoms with Crippen LogP contribution >= 0.6 is 34.9 Å². The molecule has 0 spiro atoms. The number of amides is 1. The highest BCUT2D eigenvalue weighted by Crippen LogP contribution is 2.31. The van der Waals surface area contributed by atoms with Crippen molar-refractivity contribution in [3.05, 3.63) is 65.5 Å². The second kappa shape index (κ2) is 10.5. The first-order chi connectivity index (χ1) is 15.5. The summed E-state index contributed by atoms with van der Waals surface area (Å²) in [6, 6.07) is 16.2. The molecule has 166 valence electrons. The molecule has 1 N–H and O–H groups in total. The molecule has 0 saturated carbocycles. The van der Waals surface area contributed by atoms with Crippen LogP contribution < -0.4 is 5.32 Å². The van der Waals surface area contributed by atoms with Gasteiger partial charge in [0.1, 0.15) is 5.82 Å². The standard InChI is InChI=1S/C23H25N5OS3/c1-4-28-20(13-31-23-25-18-11-7-8-12-19(18)32-23)26-27-22(28)30-14-21(29)24-16(3)17-10-6-5-9-15(17)2/h5-12,16H,4,13-14H2,1-3H3,(H,24,29). The lowest BCUT2D eigenvalue weighted by molar-refractivity contribution is -0.119. The molecule has 0 aliphatic rings. The van der Waals surface area contributed by atoms with Crippen LogP contribution in [0.1, 0.15) is 36.8 Å². The van der Waals surface area contributed by atoms with Crippen molar-refractivity contribution < 1.29 is 4.79 Å². The van der Waals surface area contributed by atoms with Gasteiger partial charge in [0, 0.05) is 6.54 Å². The minimum absolute atomic E-state index is 0.0122. The summed E-state index contributed by atoms with van der Waals surface area (Å²) >= 11 is 4.78. The van der Waals surface area contributed by atoms with Gasteiger partial charge in [0.05, 0.1) is 27.8 Å². The number of thioether (sulfide) groups is 2. The van der Waals surface area contributed by atoms with Crippen molar-refractivity contribution in [3.63, 3.8) is 0 Å². The highest BCUT2D eigenvalue weighted by molar-refractivity contribution is 8.00. The van der Waals surface area contributed by atoms with Gasteiger partial charge >= 0.3 is 0 Å². The van der Waals surface area contributed by atoms with E-state index < -0.39 is 0 Å². The fourth-order valence-electron chi connectivity index (χ4n) is 3.45. The van der Waals surface area contributed by atoms with Crippen LogP contribution in [0, 0.1) is 6.92 Å². The first kappa shape index (κ1) is 22.8. The number of benzene rings is 2. The van der Waals surface area contributed by atoms with E-state index in [-0.39, 0.29) is 11.9 Å². The molecule has 6 nitrogen and oxygen atoms in total. The molecule has 0 saturated heterocycles. The molecule has 4 rings (SSSR count). The SMILES string of the molecule is CCn1c(CSc2nc3ccccc3s2)nnc1SCC(=O)NC(C)c1ccccc1C. The molecule has 0 bridgehead atoms. The second-order valence-electron chi connectivity index (χ2n) is 7.31. The summed E-state index contributed by atoms with van der Waals surface area (Å²) in [6.07, 6.45) is 0. The lowest BCUT2D eigenvalue weighted by atomic mass is 10.0. The summed E-state index contributed by atoms with van der Waals surface area (Å²) in [5.41, 5.74) is 3.34. The summed E-state index contributed by atoms with van der Waals surface area (Å²) in [5.74, 6) is 1.88. The molecule has 1 amide bonds. The molecular weight excluding hydrogens is 458 g/mol. The number of rotatable bonds is 9. The summed E-state index contributed by atoms with van der Waals surface area (Å²) in [4.78, 5) is 17.2. The molecule has 0 fully saturated rings. The third-order valence-electron chi connectivity index (χ3n) is 5.07. The number of aryl methyl sites for hydroxylation is 1. The Morgan fingerprint density at radius 2 is 1.91 bits per heavy atom. The Hall–Kier alpha value is -2.36. The fraction of sp³-hybridized carbons (Fsp3) is 0.304. The van der Waals surface area contributed by atoms with Crippen LogP contribution in [0.2, 0.25) is 0 Å². The normalized spacial score (nSPS) is 12.2. The molecular formula is C23H25N5OS3. The number of hydrogen-bond acceptors (Lipinski definition) is 7. The minimum Gasteiger partial charge on any atom is -0.349 e. The molecule has 4 aromatic rings. The Labute approximate surface area is 200 Å². The number of aromatic nitrogens is 4. The number of carbonyl (C=O) groups excluding carboxylic acids is 1. The van der Waals surface area contributed by atoms with Crippen LogP contribution in [0.4, 0.5) is 0 Å². The smallest absolute Gasteiger partial charge is 0.230 e. The zero-order valence-electron chi connectivity index (χ0n) is 18.2. The lowest BCUT2D eigenvalue weighted by Crippen LogP contribution is -2.28. The van der Waals surface area contributed by atoms with E-state index in [4.69, 9.17) is 0 Å². The predicted molar refractivity (Wildman–Crippen MR) is 133 cm³/mol. The maximum absolute atomic E-state index is 12.5. The number of nitrogens with one attached hydrogen (secondary N) is 1. The predicted octanol–water partition coefficient (Wildman–Crippen LogP) is 5.48.